The van der Waals surface area contributed by atoms with Crippen LogP contribution in [0.5, 0.6) is 0 Å². The number of carbonyl (C=O) groups excluding carboxylic acids is 2. The zero-order chi connectivity index (χ0) is 19.7. The van der Waals surface area contributed by atoms with Gasteiger partial charge in [0.25, 0.3) is 5.91 Å². The highest BCUT2D eigenvalue weighted by Gasteiger charge is 2.30. The van der Waals surface area contributed by atoms with E-state index in [1.54, 1.807) is 0 Å². The third-order valence-electron chi connectivity index (χ3n) is 5.07. The molecule has 2 aromatic rings. The van der Waals surface area contributed by atoms with E-state index in [1.807, 2.05) is 32.0 Å². The molecule has 3 rings (SSSR count). The molecular formula is C21H26N2O3S. The van der Waals surface area contributed by atoms with Crippen molar-refractivity contribution >= 4 is 28.2 Å². The van der Waals surface area contributed by atoms with Gasteiger partial charge in [-0.25, -0.2) is 4.79 Å². The molecule has 0 radical (unpaired) electrons. The lowest BCUT2D eigenvalue weighted by atomic mass is 10.0. The lowest BCUT2D eigenvalue weighted by Gasteiger charge is -2.30. The Morgan fingerprint density at radius 2 is 2.00 bits per heavy atom. The molecule has 1 aromatic carbocycles. The Kier molecular flexibility index (Phi) is 5.67. The molecule has 0 bridgehead atoms. The predicted octanol–water partition coefficient (Wildman–Crippen LogP) is 4.17. The third-order valence-corrected chi connectivity index (χ3v) is 6.20. The minimum Gasteiger partial charge on any atom is -0.465 e. The van der Waals surface area contributed by atoms with Crippen LogP contribution >= 0.6 is 11.3 Å². The van der Waals surface area contributed by atoms with Crippen LogP contribution in [0.15, 0.2) is 18.2 Å². The highest BCUT2D eigenvalue weighted by molar-refractivity contribution is 7.17. The van der Waals surface area contributed by atoms with Crippen LogP contribution in [0.4, 0.5) is 5.00 Å². The minimum absolute atomic E-state index is 0.194. The number of anilines is 1. The van der Waals surface area contributed by atoms with Gasteiger partial charge in [-0.05, 0) is 51.3 Å². The van der Waals surface area contributed by atoms with Crippen LogP contribution in [0.2, 0.25) is 0 Å². The van der Waals surface area contributed by atoms with Crippen molar-refractivity contribution in [3.05, 3.63) is 50.9 Å². The van der Waals surface area contributed by atoms with Crippen molar-refractivity contribution in [3.8, 4) is 0 Å². The summed E-state index contributed by atoms with van der Waals surface area (Å²) in [5.74, 6) is -0.581. The maximum Gasteiger partial charge on any atom is 0.341 e. The zero-order valence-electron chi connectivity index (χ0n) is 16.5. The van der Waals surface area contributed by atoms with Gasteiger partial charge >= 0.3 is 5.97 Å². The fourth-order valence-corrected chi connectivity index (χ4v) is 4.68. The van der Waals surface area contributed by atoms with Crippen molar-refractivity contribution in [2.45, 2.75) is 46.7 Å². The van der Waals surface area contributed by atoms with Gasteiger partial charge in [0.1, 0.15) is 5.00 Å². The zero-order valence-corrected chi connectivity index (χ0v) is 17.3. The lowest BCUT2D eigenvalue weighted by molar-refractivity contribution is 0.0600. The van der Waals surface area contributed by atoms with E-state index in [9.17, 15) is 9.59 Å². The largest absolute Gasteiger partial charge is 0.465 e. The summed E-state index contributed by atoms with van der Waals surface area (Å²) < 4.78 is 5.01. The van der Waals surface area contributed by atoms with E-state index in [1.165, 1.54) is 18.4 Å². The molecule has 0 unspecified atom stereocenters. The number of fused-ring (bicyclic) bond motifs is 1. The Morgan fingerprint density at radius 1 is 1.26 bits per heavy atom. The summed E-state index contributed by atoms with van der Waals surface area (Å²) in [5.41, 5.74) is 4.09. The summed E-state index contributed by atoms with van der Waals surface area (Å²) in [7, 11) is 1.38. The van der Waals surface area contributed by atoms with Crippen molar-refractivity contribution in [2.75, 3.05) is 19.0 Å². The van der Waals surface area contributed by atoms with Crippen LogP contribution < -0.4 is 5.32 Å². The fourth-order valence-electron chi connectivity index (χ4n) is 3.42. The lowest BCUT2D eigenvalue weighted by Crippen LogP contribution is -2.35. The van der Waals surface area contributed by atoms with E-state index in [2.05, 4.69) is 24.1 Å². The molecule has 0 fully saturated rings. The van der Waals surface area contributed by atoms with Gasteiger partial charge in [0, 0.05) is 29.6 Å². The maximum atomic E-state index is 12.9. The topological polar surface area (TPSA) is 58.6 Å². The Labute approximate surface area is 164 Å². The molecule has 6 heteroatoms. The Bertz CT molecular complexity index is 886. The molecule has 0 saturated heterocycles. The van der Waals surface area contributed by atoms with E-state index >= 15 is 0 Å². The van der Waals surface area contributed by atoms with Crippen LogP contribution in [-0.2, 0) is 17.7 Å². The number of aryl methyl sites for hydroxylation is 2. The number of ether oxygens (including phenoxy) is 1. The number of esters is 1. The van der Waals surface area contributed by atoms with Gasteiger partial charge in [0.15, 0.2) is 0 Å². The molecule has 0 aliphatic carbocycles. The number of benzene rings is 1. The van der Waals surface area contributed by atoms with Gasteiger partial charge in [0.2, 0.25) is 0 Å². The van der Waals surface area contributed by atoms with Crippen LogP contribution in [0.25, 0.3) is 0 Å². The molecule has 27 heavy (non-hydrogen) atoms. The van der Waals surface area contributed by atoms with Crippen molar-refractivity contribution < 1.29 is 14.3 Å². The number of carbonyl (C=O) groups is 2. The molecule has 0 saturated carbocycles. The molecule has 0 spiro atoms. The molecule has 2 heterocycles. The first-order chi connectivity index (χ1) is 12.8. The van der Waals surface area contributed by atoms with E-state index in [0.717, 1.165) is 41.1 Å². The van der Waals surface area contributed by atoms with Gasteiger partial charge in [-0.15, -0.1) is 11.3 Å². The molecule has 1 aliphatic rings. The number of thiophene rings is 1. The summed E-state index contributed by atoms with van der Waals surface area (Å²) in [6, 6.07) is 6.23. The molecule has 1 aliphatic heterocycles. The second kappa shape index (κ2) is 7.82. The van der Waals surface area contributed by atoms with Crippen LogP contribution in [-0.4, -0.2) is 36.5 Å². The van der Waals surface area contributed by atoms with Crippen molar-refractivity contribution in [2.24, 2.45) is 0 Å². The monoisotopic (exact) mass is 386 g/mol. The first-order valence-electron chi connectivity index (χ1n) is 9.17. The second-order valence-corrected chi connectivity index (χ2v) is 8.39. The molecule has 0 atom stereocenters. The SMILES string of the molecule is COC(=O)c1c(NC(=O)c2cc(C)ccc2C)sc2c1CCN(C(C)C)C2. The van der Waals surface area contributed by atoms with Gasteiger partial charge in [-0.1, -0.05) is 17.7 Å². The average molecular weight is 387 g/mol. The highest BCUT2D eigenvalue weighted by Crippen LogP contribution is 2.38. The Morgan fingerprint density at radius 3 is 2.67 bits per heavy atom. The van der Waals surface area contributed by atoms with Crippen LogP contribution in [0, 0.1) is 13.8 Å². The molecule has 144 valence electrons. The molecular weight excluding hydrogens is 360 g/mol. The van der Waals surface area contributed by atoms with Gasteiger partial charge in [-0.3, -0.25) is 9.69 Å². The Balaban J connectivity index is 1.96. The smallest absolute Gasteiger partial charge is 0.341 e. The fraction of sp³-hybridized carbons (Fsp3) is 0.429. The van der Waals surface area contributed by atoms with Crippen molar-refractivity contribution in [1.29, 1.82) is 0 Å². The van der Waals surface area contributed by atoms with E-state index in [4.69, 9.17) is 4.74 Å². The minimum atomic E-state index is -0.387. The maximum absolute atomic E-state index is 12.9. The average Bonchev–Trinajstić information content (AvgIpc) is 2.99. The van der Waals surface area contributed by atoms with E-state index in [0.29, 0.717) is 22.2 Å². The summed E-state index contributed by atoms with van der Waals surface area (Å²) in [6.07, 6.45) is 0.786. The van der Waals surface area contributed by atoms with E-state index in [-0.39, 0.29) is 11.9 Å². The molecule has 1 amide bonds. The van der Waals surface area contributed by atoms with Crippen molar-refractivity contribution in [3.63, 3.8) is 0 Å². The first-order valence-corrected chi connectivity index (χ1v) is 9.99. The number of hydrogen-bond donors (Lipinski definition) is 1. The Hall–Kier alpha value is -2.18. The highest BCUT2D eigenvalue weighted by atomic mass is 32.1. The van der Waals surface area contributed by atoms with Gasteiger partial charge in [0.05, 0.1) is 12.7 Å². The first kappa shape index (κ1) is 19.6. The second-order valence-electron chi connectivity index (χ2n) is 7.29. The summed E-state index contributed by atoms with van der Waals surface area (Å²) in [5, 5.41) is 3.56. The quantitative estimate of drug-likeness (QED) is 0.801. The summed E-state index contributed by atoms with van der Waals surface area (Å²) in [4.78, 5) is 28.8. The van der Waals surface area contributed by atoms with Gasteiger partial charge < -0.3 is 10.1 Å². The third kappa shape index (κ3) is 3.92. The molecule has 1 N–H and O–H groups in total. The number of nitrogens with zero attached hydrogens (tertiary/aromatic N) is 1. The van der Waals surface area contributed by atoms with Crippen LogP contribution in [0.3, 0.4) is 0 Å². The van der Waals surface area contributed by atoms with E-state index < -0.39 is 0 Å². The standard InChI is InChI=1S/C21H26N2O3S/c1-12(2)23-9-8-15-17(11-23)27-20(18(15)21(25)26-5)22-19(24)16-10-13(3)6-7-14(16)4/h6-7,10,12H,8-9,11H2,1-5H3,(H,22,24). The number of rotatable bonds is 4. The number of methoxy groups -OCH3 is 1. The summed E-state index contributed by atoms with van der Waals surface area (Å²) >= 11 is 1.49. The summed E-state index contributed by atoms with van der Waals surface area (Å²) in [6.45, 7) is 9.90. The van der Waals surface area contributed by atoms with Gasteiger partial charge in [-0.2, -0.15) is 0 Å². The molecule has 5 nitrogen and oxygen atoms in total. The number of nitrogens with one attached hydrogen (secondary N) is 1. The normalized spacial score (nSPS) is 14.1. The number of amides is 1. The van der Waals surface area contributed by atoms with Crippen LogP contribution in [0.1, 0.15) is 56.1 Å². The predicted molar refractivity (Wildman–Crippen MR) is 109 cm³/mol. The number of hydrogen-bond acceptors (Lipinski definition) is 5. The molecule has 1 aromatic heterocycles. The van der Waals surface area contributed by atoms with Crippen molar-refractivity contribution in [1.82, 2.24) is 4.90 Å².